The Kier molecular flexibility index (Phi) is 7.29. The van der Waals surface area contributed by atoms with Crippen LogP contribution >= 0.6 is 0 Å². The van der Waals surface area contributed by atoms with Crippen LogP contribution in [0.5, 0.6) is 0 Å². The number of hydrogen-bond acceptors (Lipinski definition) is 5. The fraction of sp³-hybridized carbons (Fsp3) is 0.0769. The number of aromatic amines is 1. The van der Waals surface area contributed by atoms with Gasteiger partial charge >= 0.3 is 6.03 Å². The smallest absolute Gasteiger partial charge is 0.325 e. The van der Waals surface area contributed by atoms with Crippen LogP contribution in [0, 0.1) is 0 Å². The molecule has 9 nitrogen and oxygen atoms in total. The van der Waals surface area contributed by atoms with Crippen LogP contribution < -0.4 is 10.8 Å². The fourth-order valence-electron chi connectivity index (χ4n) is 3.46. The van der Waals surface area contributed by atoms with E-state index in [4.69, 9.17) is 5.21 Å². The topological polar surface area (TPSA) is 127 Å². The summed E-state index contributed by atoms with van der Waals surface area (Å²) in [7, 11) is 0. The molecule has 0 radical (unpaired) electrons. The average molecular weight is 470 g/mol. The number of hydrogen-bond donors (Lipinski definition) is 4. The zero-order valence-electron chi connectivity index (χ0n) is 18.6. The highest BCUT2D eigenvalue weighted by atomic mass is 16.5. The number of hydroxylamine groups is 1. The van der Waals surface area contributed by atoms with Gasteiger partial charge in [0, 0.05) is 18.2 Å². The lowest BCUT2D eigenvalue weighted by atomic mass is 10.1. The molecule has 3 aromatic carbocycles. The number of carbonyl (C=O) groups excluding carboxylic acids is 3. The van der Waals surface area contributed by atoms with Crippen molar-refractivity contribution >= 4 is 35.0 Å². The van der Waals surface area contributed by atoms with E-state index >= 15 is 0 Å². The van der Waals surface area contributed by atoms with Crippen LogP contribution in [0.4, 0.5) is 4.79 Å². The first-order valence-corrected chi connectivity index (χ1v) is 10.8. The second kappa shape index (κ2) is 10.9. The van der Waals surface area contributed by atoms with Crippen LogP contribution in [0.15, 0.2) is 84.9 Å². The van der Waals surface area contributed by atoms with Crippen molar-refractivity contribution in [2.45, 2.75) is 13.1 Å². The zero-order chi connectivity index (χ0) is 24.6. The maximum Gasteiger partial charge on any atom is 0.325 e. The quantitative estimate of drug-likeness (QED) is 0.187. The van der Waals surface area contributed by atoms with Crippen LogP contribution in [0.2, 0.25) is 0 Å². The molecule has 0 spiro atoms. The van der Waals surface area contributed by atoms with Gasteiger partial charge in [0.15, 0.2) is 0 Å². The summed E-state index contributed by atoms with van der Waals surface area (Å²) in [6.45, 7) is 0.368. The Bertz CT molecular complexity index is 1330. The first kappa shape index (κ1) is 23.4. The molecule has 0 saturated carbocycles. The van der Waals surface area contributed by atoms with Gasteiger partial charge < -0.3 is 9.88 Å². The van der Waals surface area contributed by atoms with Crippen LogP contribution in [0.25, 0.3) is 17.1 Å². The highest BCUT2D eigenvalue weighted by Crippen LogP contribution is 2.15. The lowest BCUT2D eigenvalue weighted by Gasteiger charge is -2.22. The van der Waals surface area contributed by atoms with E-state index in [9.17, 15) is 14.4 Å². The second-order valence-corrected chi connectivity index (χ2v) is 7.73. The Balaban J connectivity index is 1.53. The first-order chi connectivity index (χ1) is 17.0. The number of nitrogens with one attached hydrogen (secondary N) is 3. The summed E-state index contributed by atoms with van der Waals surface area (Å²) in [4.78, 5) is 46.1. The summed E-state index contributed by atoms with van der Waals surface area (Å²) >= 11 is 0. The Morgan fingerprint density at radius 3 is 2.34 bits per heavy atom. The number of amides is 4. The molecule has 1 aromatic heterocycles. The molecule has 0 bridgehead atoms. The molecular formula is C26H23N5O4. The van der Waals surface area contributed by atoms with Crippen LogP contribution in [-0.4, -0.2) is 37.9 Å². The normalized spacial score (nSPS) is 10.9. The van der Waals surface area contributed by atoms with Gasteiger partial charge in [-0.1, -0.05) is 54.6 Å². The van der Waals surface area contributed by atoms with E-state index in [1.165, 1.54) is 16.5 Å². The summed E-state index contributed by atoms with van der Waals surface area (Å²) in [6, 6.07) is 22.7. The van der Waals surface area contributed by atoms with Gasteiger partial charge in [-0.2, -0.15) is 0 Å². The molecule has 4 N–H and O–H groups in total. The molecule has 0 aliphatic heterocycles. The molecular weight excluding hydrogens is 446 g/mol. The third-order valence-corrected chi connectivity index (χ3v) is 5.21. The van der Waals surface area contributed by atoms with Gasteiger partial charge in [-0.05, 0) is 41.5 Å². The maximum absolute atomic E-state index is 13.1. The number of imide groups is 1. The van der Waals surface area contributed by atoms with E-state index in [-0.39, 0.29) is 13.1 Å². The Hall–Kier alpha value is -4.76. The van der Waals surface area contributed by atoms with Crippen LogP contribution in [0.1, 0.15) is 27.3 Å². The molecule has 0 fully saturated rings. The van der Waals surface area contributed by atoms with Crippen molar-refractivity contribution in [3.63, 3.8) is 0 Å². The first-order valence-electron chi connectivity index (χ1n) is 10.8. The van der Waals surface area contributed by atoms with Crippen molar-refractivity contribution in [1.82, 2.24) is 25.7 Å². The summed E-state index contributed by atoms with van der Waals surface area (Å²) in [5.41, 5.74) is 5.10. The largest absolute Gasteiger partial charge is 0.340 e. The molecule has 35 heavy (non-hydrogen) atoms. The molecule has 4 amide bonds. The number of benzene rings is 3. The average Bonchev–Trinajstić information content (AvgIpc) is 3.30. The monoisotopic (exact) mass is 469 g/mol. The Labute approximate surface area is 201 Å². The van der Waals surface area contributed by atoms with Gasteiger partial charge in [0.05, 0.1) is 17.6 Å². The minimum Gasteiger partial charge on any atom is -0.340 e. The van der Waals surface area contributed by atoms with Crippen LogP contribution in [-0.2, 0) is 17.9 Å². The van der Waals surface area contributed by atoms with Crippen molar-refractivity contribution in [3.05, 3.63) is 107 Å². The second-order valence-electron chi connectivity index (χ2n) is 7.73. The summed E-state index contributed by atoms with van der Waals surface area (Å²) < 4.78 is 0. The number of rotatable bonds is 7. The van der Waals surface area contributed by atoms with Crippen molar-refractivity contribution in [3.8, 4) is 0 Å². The SMILES string of the molecule is O=C(C=Cc1ccc(CN(Cc2nc3ccccc3[nH]2)C(=O)NC(=O)c2ccccc2)cc1)NO. The number of urea groups is 1. The van der Waals surface area contributed by atoms with Crippen molar-refractivity contribution < 1.29 is 19.6 Å². The number of para-hydroxylation sites is 2. The summed E-state index contributed by atoms with van der Waals surface area (Å²) in [6.07, 6.45) is 2.75. The van der Waals surface area contributed by atoms with E-state index in [0.29, 0.717) is 11.4 Å². The fourth-order valence-corrected chi connectivity index (χ4v) is 3.46. The van der Waals surface area contributed by atoms with Crippen molar-refractivity contribution in [2.24, 2.45) is 0 Å². The molecule has 0 aliphatic carbocycles. The van der Waals surface area contributed by atoms with Gasteiger partial charge in [-0.3, -0.25) is 20.1 Å². The number of nitrogens with zero attached hydrogens (tertiary/aromatic N) is 2. The Morgan fingerprint density at radius 2 is 1.63 bits per heavy atom. The molecule has 0 aliphatic rings. The van der Waals surface area contributed by atoms with Gasteiger partial charge in [0.2, 0.25) is 0 Å². The summed E-state index contributed by atoms with van der Waals surface area (Å²) in [5.74, 6) is -0.540. The molecule has 4 aromatic rings. The lowest BCUT2D eigenvalue weighted by Crippen LogP contribution is -2.42. The number of carbonyl (C=O) groups is 3. The van der Waals surface area contributed by atoms with Gasteiger partial charge in [-0.15, -0.1) is 0 Å². The number of aromatic nitrogens is 2. The van der Waals surface area contributed by atoms with Crippen molar-refractivity contribution in [2.75, 3.05) is 0 Å². The third kappa shape index (κ3) is 6.18. The van der Waals surface area contributed by atoms with E-state index in [0.717, 1.165) is 22.2 Å². The minimum absolute atomic E-state index is 0.154. The third-order valence-electron chi connectivity index (χ3n) is 5.21. The number of imidazole rings is 1. The molecule has 176 valence electrons. The van der Waals surface area contributed by atoms with Crippen LogP contribution in [0.3, 0.4) is 0 Å². The van der Waals surface area contributed by atoms with Gasteiger partial charge in [-0.25, -0.2) is 15.3 Å². The highest BCUT2D eigenvalue weighted by Gasteiger charge is 2.19. The number of H-pyrrole nitrogens is 1. The molecule has 4 rings (SSSR count). The summed E-state index contributed by atoms with van der Waals surface area (Å²) in [5, 5.41) is 11.0. The van der Waals surface area contributed by atoms with E-state index < -0.39 is 17.8 Å². The lowest BCUT2D eigenvalue weighted by molar-refractivity contribution is -0.124. The zero-order valence-corrected chi connectivity index (χ0v) is 18.6. The number of fused-ring (bicyclic) bond motifs is 1. The molecule has 0 unspecified atom stereocenters. The minimum atomic E-state index is -0.633. The van der Waals surface area contributed by atoms with Gasteiger partial charge in [0.25, 0.3) is 11.8 Å². The van der Waals surface area contributed by atoms with Crippen molar-refractivity contribution in [1.29, 1.82) is 0 Å². The maximum atomic E-state index is 13.1. The van der Waals surface area contributed by atoms with E-state index in [1.807, 2.05) is 36.4 Å². The molecule has 0 saturated heterocycles. The predicted octanol–water partition coefficient (Wildman–Crippen LogP) is 3.63. The van der Waals surface area contributed by atoms with Gasteiger partial charge in [0.1, 0.15) is 5.82 Å². The highest BCUT2D eigenvalue weighted by molar-refractivity contribution is 6.04. The standard InChI is InChI=1S/C26H23N5O4/c32-24(30-35)15-14-18-10-12-19(13-11-18)16-31(17-23-27-21-8-4-5-9-22(21)28-23)26(34)29-25(33)20-6-2-1-3-7-20/h1-15,35H,16-17H2,(H,27,28)(H,30,32)(H,29,33,34). The molecule has 1 heterocycles. The molecule has 9 heteroatoms. The van der Waals surface area contributed by atoms with E-state index in [2.05, 4.69) is 15.3 Å². The molecule has 0 atom stereocenters. The predicted molar refractivity (Wildman–Crippen MR) is 130 cm³/mol. The Morgan fingerprint density at radius 1 is 0.914 bits per heavy atom. The van der Waals surface area contributed by atoms with E-state index in [1.54, 1.807) is 48.5 Å².